The Balaban J connectivity index is 2.05. The van der Waals surface area contributed by atoms with Gasteiger partial charge in [0.05, 0.1) is 12.3 Å². The molecule has 6 heteroatoms. The van der Waals surface area contributed by atoms with Gasteiger partial charge in [0.25, 0.3) is 0 Å². The van der Waals surface area contributed by atoms with Crippen molar-refractivity contribution in [1.82, 2.24) is 0 Å². The van der Waals surface area contributed by atoms with Crippen molar-refractivity contribution >= 4 is 11.7 Å². The van der Waals surface area contributed by atoms with Crippen molar-refractivity contribution < 1.29 is 23.7 Å². The molecule has 0 aromatic heterocycles. The van der Waals surface area contributed by atoms with Gasteiger partial charge in [-0.1, -0.05) is 12.1 Å². The highest BCUT2D eigenvalue weighted by atomic mass is 16.6. The molecule has 0 fully saturated rings. The molecule has 0 saturated heterocycles. The summed E-state index contributed by atoms with van der Waals surface area (Å²) in [5.41, 5.74) is 6.17. The predicted octanol–water partition coefficient (Wildman–Crippen LogP) is 1.24. The minimum absolute atomic E-state index is 0.169. The second-order valence-corrected chi connectivity index (χ2v) is 4.01. The molecule has 0 radical (unpaired) electrons. The number of nitrogen functional groups attached to an aromatic ring is 1. The highest BCUT2D eigenvalue weighted by Crippen LogP contribution is 2.19. The molecule has 20 heavy (non-hydrogen) atoms. The van der Waals surface area contributed by atoms with Crippen LogP contribution in [0.2, 0.25) is 0 Å². The molecule has 0 heterocycles. The second-order valence-electron chi connectivity index (χ2n) is 4.01. The summed E-state index contributed by atoms with van der Waals surface area (Å²) in [4.78, 5) is 11.4. The number of hydrogen-bond donors (Lipinski definition) is 1. The number of anilines is 1. The Hall–Kier alpha value is -1.79. The number of rotatable bonds is 10. The van der Waals surface area contributed by atoms with Gasteiger partial charge in [-0.05, 0) is 18.6 Å². The topological polar surface area (TPSA) is 80.0 Å². The van der Waals surface area contributed by atoms with Crippen LogP contribution in [0, 0.1) is 0 Å². The standard InChI is InChI=1S/C14H21NO5/c1-17-7-4-8-18-9-10-19-14(16)11-20-13-6-3-2-5-12(13)15/h2-3,5-6H,4,7-11,15H2,1H3. The number of nitrogens with two attached hydrogens (primary N) is 1. The van der Waals surface area contributed by atoms with Gasteiger partial charge < -0.3 is 24.7 Å². The minimum Gasteiger partial charge on any atom is -0.480 e. The van der Waals surface area contributed by atoms with Gasteiger partial charge in [-0.3, -0.25) is 0 Å². The van der Waals surface area contributed by atoms with Crippen LogP contribution in [0.5, 0.6) is 5.75 Å². The molecular formula is C14H21NO5. The van der Waals surface area contributed by atoms with E-state index in [2.05, 4.69) is 0 Å². The van der Waals surface area contributed by atoms with E-state index in [4.69, 9.17) is 24.7 Å². The first-order valence-electron chi connectivity index (χ1n) is 6.43. The van der Waals surface area contributed by atoms with E-state index in [1.807, 2.05) is 0 Å². The summed E-state index contributed by atoms with van der Waals surface area (Å²) < 4.78 is 20.3. The quantitative estimate of drug-likeness (QED) is 0.395. The zero-order valence-corrected chi connectivity index (χ0v) is 11.7. The van der Waals surface area contributed by atoms with E-state index in [0.29, 0.717) is 31.3 Å². The number of methoxy groups -OCH3 is 1. The van der Waals surface area contributed by atoms with Crippen molar-refractivity contribution in [1.29, 1.82) is 0 Å². The molecule has 2 N–H and O–H groups in total. The van der Waals surface area contributed by atoms with Gasteiger partial charge >= 0.3 is 5.97 Å². The van der Waals surface area contributed by atoms with Crippen molar-refractivity contribution in [2.75, 3.05) is 45.9 Å². The van der Waals surface area contributed by atoms with E-state index in [-0.39, 0.29) is 13.2 Å². The fourth-order valence-corrected chi connectivity index (χ4v) is 1.41. The summed E-state index contributed by atoms with van der Waals surface area (Å²) in [6.45, 7) is 1.65. The molecule has 0 aliphatic carbocycles. The molecule has 6 nitrogen and oxygen atoms in total. The lowest BCUT2D eigenvalue weighted by atomic mass is 10.3. The largest absolute Gasteiger partial charge is 0.480 e. The molecule has 0 unspecified atom stereocenters. The van der Waals surface area contributed by atoms with E-state index >= 15 is 0 Å². The predicted molar refractivity (Wildman–Crippen MR) is 74.6 cm³/mol. The summed E-state index contributed by atoms with van der Waals surface area (Å²) in [7, 11) is 1.64. The summed E-state index contributed by atoms with van der Waals surface area (Å²) in [6, 6.07) is 6.97. The Morgan fingerprint density at radius 1 is 1.15 bits per heavy atom. The van der Waals surface area contributed by atoms with E-state index in [1.165, 1.54) is 0 Å². The minimum atomic E-state index is -0.450. The van der Waals surface area contributed by atoms with Gasteiger partial charge in [-0.2, -0.15) is 0 Å². The molecule has 1 aromatic rings. The number of esters is 1. The van der Waals surface area contributed by atoms with Gasteiger partial charge in [-0.15, -0.1) is 0 Å². The van der Waals surface area contributed by atoms with E-state index < -0.39 is 5.97 Å². The number of hydrogen-bond acceptors (Lipinski definition) is 6. The molecule has 1 aromatic carbocycles. The molecular weight excluding hydrogens is 262 g/mol. The van der Waals surface area contributed by atoms with Gasteiger partial charge in [0.2, 0.25) is 0 Å². The summed E-state index contributed by atoms with van der Waals surface area (Å²) in [5.74, 6) is 0.0222. The van der Waals surface area contributed by atoms with Crippen LogP contribution in [0.1, 0.15) is 6.42 Å². The Labute approximate surface area is 118 Å². The van der Waals surface area contributed by atoms with E-state index in [0.717, 1.165) is 6.42 Å². The van der Waals surface area contributed by atoms with Crippen molar-refractivity contribution in [3.8, 4) is 5.75 Å². The monoisotopic (exact) mass is 283 g/mol. The van der Waals surface area contributed by atoms with Gasteiger partial charge in [-0.25, -0.2) is 4.79 Å². The molecule has 112 valence electrons. The SMILES string of the molecule is COCCCOCCOC(=O)COc1ccccc1N. The fraction of sp³-hybridized carbons (Fsp3) is 0.500. The molecule has 0 atom stereocenters. The van der Waals surface area contributed by atoms with Crippen LogP contribution in [0.15, 0.2) is 24.3 Å². The zero-order valence-electron chi connectivity index (χ0n) is 11.7. The Morgan fingerprint density at radius 3 is 2.70 bits per heavy atom. The smallest absolute Gasteiger partial charge is 0.344 e. The lowest BCUT2D eigenvalue weighted by Gasteiger charge is -2.09. The third-order valence-electron chi connectivity index (χ3n) is 2.39. The number of carbonyl (C=O) groups excluding carboxylic acids is 1. The number of carbonyl (C=O) groups is 1. The molecule has 0 amide bonds. The first-order valence-corrected chi connectivity index (χ1v) is 6.43. The molecule has 0 bridgehead atoms. The van der Waals surface area contributed by atoms with Gasteiger partial charge in [0.15, 0.2) is 6.61 Å². The third-order valence-corrected chi connectivity index (χ3v) is 2.39. The maximum atomic E-state index is 11.4. The van der Waals surface area contributed by atoms with Crippen molar-refractivity contribution in [2.45, 2.75) is 6.42 Å². The Bertz CT molecular complexity index is 397. The fourth-order valence-electron chi connectivity index (χ4n) is 1.41. The van der Waals surface area contributed by atoms with Crippen molar-refractivity contribution in [2.24, 2.45) is 0 Å². The summed E-state index contributed by atoms with van der Waals surface area (Å²) in [5, 5.41) is 0. The Morgan fingerprint density at radius 2 is 1.95 bits per heavy atom. The first kappa shape index (κ1) is 16.3. The van der Waals surface area contributed by atoms with Crippen molar-refractivity contribution in [3.05, 3.63) is 24.3 Å². The second kappa shape index (κ2) is 10.1. The maximum absolute atomic E-state index is 11.4. The average molecular weight is 283 g/mol. The molecule has 0 saturated carbocycles. The van der Waals surface area contributed by atoms with Crippen LogP contribution >= 0.6 is 0 Å². The van der Waals surface area contributed by atoms with E-state index in [9.17, 15) is 4.79 Å². The molecule has 0 aliphatic rings. The van der Waals surface area contributed by atoms with E-state index in [1.54, 1.807) is 31.4 Å². The van der Waals surface area contributed by atoms with Crippen LogP contribution in [0.25, 0.3) is 0 Å². The average Bonchev–Trinajstić information content (AvgIpc) is 2.45. The molecule has 1 rings (SSSR count). The summed E-state index contributed by atoms with van der Waals surface area (Å²) in [6.07, 6.45) is 0.820. The van der Waals surface area contributed by atoms with Crippen molar-refractivity contribution in [3.63, 3.8) is 0 Å². The van der Waals surface area contributed by atoms with Crippen LogP contribution in [-0.4, -0.2) is 46.1 Å². The van der Waals surface area contributed by atoms with Crippen LogP contribution in [0.3, 0.4) is 0 Å². The zero-order chi connectivity index (χ0) is 14.6. The summed E-state index contributed by atoms with van der Waals surface area (Å²) >= 11 is 0. The van der Waals surface area contributed by atoms with Crippen LogP contribution in [-0.2, 0) is 19.0 Å². The third kappa shape index (κ3) is 6.96. The number of benzene rings is 1. The lowest BCUT2D eigenvalue weighted by Crippen LogP contribution is -2.18. The molecule has 0 aliphatic heterocycles. The van der Waals surface area contributed by atoms with Crippen LogP contribution in [0.4, 0.5) is 5.69 Å². The highest BCUT2D eigenvalue weighted by Gasteiger charge is 2.05. The highest BCUT2D eigenvalue weighted by molar-refractivity contribution is 5.71. The number of para-hydroxylation sites is 2. The first-order chi connectivity index (χ1) is 9.74. The maximum Gasteiger partial charge on any atom is 0.344 e. The number of ether oxygens (including phenoxy) is 4. The Kier molecular flexibility index (Phi) is 8.17. The normalized spacial score (nSPS) is 10.2. The van der Waals surface area contributed by atoms with Crippen LogP contribution < -0.4 is 10.5 Å². The van der Waals surface area contributed by atoms with Gasteiger partial charge in [0.1, 0.15) is 12.4 Å². The lowest BCUT2D eigenvalue weighted by molar-refractivity contribution is -0.147. The van der Waals surface area contributed by atoms with Gasteiger partial charge in [0, 0.05) is 20.3 Å². The molecule has 0 spiro atoms.